The van der Waals surface area contributed by atoms with E-state index in [4.69, 9.17) is 0 Å². The highest BCUT2D eigenvalue weighted by atomic mass is 32.2. The standard InChI is InChI=1S/C16H18N2S/c1-12-6-8-13(9-7-12)15-10-11-16(18-17-15)19-14-4-2-3-5-14/h6-11,14H,2-5H2,1H3. The average molecular weight is 270 g/mol. The van der Waals surface area contributed by atoms with Crippen LogP contribution in [0, 0.1) is 6.92 Å². The quantitative estimate of drug-likeness (QED) is 0.822. The van der Waals surface area contributed by atoms with Gasteiger partial charge in [-0.2, -0.15) is 0 Å². The van der Waals surface area contributed by atoms with Crippen molar-refractivity contribution in [2.45, 2.75) is 42.9 Å². The number of aryl methyl sites for hydroxylation is 1. The van der Waals surface area contributed by atoms with E-state index in [9.17, 15) is 0 Å². The van der Waals surface area contributed by atoms with Gasteiger partial charge in [-0.05, 0) is 31.9 Å². The first-order valence-corrected chi connectivity index (χ1v) is 7.77. The van der Waals surface area contributed by atoms with Crippen LogP contribution in [-0.4, -0.2) is 15.4 Å². The molecule has 0 N–H and O–H groups in total. The van der Waals surface area contributed by atoms with E-state index >= 15 is 0 Å². The Labute approximate surface area is 118 Å². The first-order chi connectivity index (χ1) is 9.31. The van der Waals surface area contributed by atoms with Crippen LogP contribution >= 0.6 is 11.8 Å². The summed E-state index contributed by atoms with van der Waals surface area (Å²) in [7, 11) is 0. The van der Waals surface area contributed by atoms with Crippen LogP contribution in [0.2, 0.25) is 0 Å². The fraction of sp³-hybridized carbons (Fsp3) is 0.375. The molecule has 0 radical (unpaired) electrons. The van der Waals surface area contributed by atoms with E-state index < -0.39 is 0 Å². The van der Waals surface area contributed by atoms with Crippen molar-refractivity contribution in [3.8, 4) is 11.3 Å². The molecule has 1 fully saturated rings. The van der Waals surface area contributed by atoms with E-state index in [-0.39, 0.29) is 0 Å². The van der Waals surface area contributed by atoms with Gasteiger partial charge in [0.15, 0.2) is 0 Å². The van der Waals surface area contributed by atoms with Crippen LogP contribution in [0.5, 0.6) is 0 Å². The first-order valence-electron chi connectivity index (χ1n) is 6.89. The Balaban J connectivity index is 1.72. The Bertz CT molecular complexity index is 528. The Morgan fingerprint density at radius 2 is 1.68 bits per heavy atom. The molecule has 2 aromatic rings. The molecule has 0 amide bonds. The zero-order valence-corrected chi connectivity index (χ0v) is 12.0. The summed E-state index contributed by atoms with van der Waals surface area (Å²) in [5, 5.41) is 10.5. The van der Waals surface area contributed by atoms with E-state index in [2.05, 4.69) is 53.5 Å². The van der Waals surface area contributed by atoms with Crippen molar-refractivity contribution in [3.05, 3.63) is 42.0 Å². The summed E-state index contributed by atoms with van der Waals surface area (Å²) in [6, 6.07) is 12.6. The van der Waals surface area contributed by atoms with Gasteiger partial charge in [0.25, 0.3) is 0 Å². The minimum absolute atomic E-state index is 0.750. The molecule has 98 valence electrons. The molecule has 2 nitrogen and oxygen atoms in total. The first kappa shape index (κ1) is 12.7. The van der Waals surface area contributed by atoms with Gasteiger partial charge in [-0.1, -0.05) is 42.7 Å². The molecule has 1 heterocycles. The second-order valence-corrected chi connectivity index (χ2v) is 6.47. The minimum Gasteiger partial charge on any atom is -0.149 e. The maximum Gasteiger partial charge on any atom is 0.119 e. The van der Waals surface area contributed by atoms with Crippen molar-refractivity contribution in [1.29, 1.82) is 0 Å². The number of hydrogen-bond donors (Lipinski definition) is 0. The van der Waals surface area contributed by atoms with Crippen LogP contribution < -0.4 is 0 Å². The maximum atomic E-state index is 4.35. The molecule has 3 heteroatoms. The SMILES string of the molecule is Cc1ccc(-c2ccc(SC3CCCC3)nn2)cc1. The zero-order chi connectivity index (χ0) is 13.1. The zero-order valence-electron chi connectivity index (χ0n) is 11.2. The van der Waals surface area contributed by atoms with Gasteiger partial charge >= 0.3 is 0 Å². The van der Waals surface area contributed by atoms with Gasteiger partial charge in [0.2, 0.25) is 0 Å². The molecule has 1 saturated carbocycles. The second kappa shape index (κ2) is 5.74. The Hall–Kier alpha value is -1.35. The highest BCUT2D eigenvalue weighted by molar-refractivity contribution is 7.99. The topological polar surface area (TPSA) is 25.8 Å². The van der Waals surface area contributed by atoms with Crippen molar-refractivity contribution in [2.75, 3.05) is 0 Å². The van der Waals surface area contributed by atoms with Crippen LogP contribution in [0.25, 0.3) is 11.3 Å². The van der Waals surface area contributed by atoms with E-state index in [1.807, 2.05) is 11.8 Å². The average Bonchev–Trinajstić information content (AvgIpc) is 2.94. The minimum atomic E-state index is 0.750. The summed E-state index contributed by atoms with van der Waals surface area (Å²) in [5.74, 6) is 0. The number of rotatable bonds is 3. The van der Waals surface area contributed by atoms with Crippen LogP contribution in [0.15, 0.2) is 41.4 Å². The molecule has 0 unspecified atom stereocenters. The lowest BCUT2D eigenvalue weighted by Gasteiger charge is -2.07. The molecule has 1 aliphatic rings. The van der Waals surface area contributed by atoms with Crippen molar-refractivity contribution in [2.24, 2.45) is 0 Å². The summed E-state index contributed by atoms with van der Waals surface area (Å²) >= 11 is 1.88. The lowest BCUT2D eigenvalue weighted by molar-refractivity contribution is 0.884. The van der Waals surface area contributed by atoms with Crippen LogP contribution in [-0.2, 0) is 0 Å². The van der Waals surface area contributed by atoms with E-state index in [1.165, 1.54) is 31.2 Å². The van der Waals surface area contributed by atoms with E-state index in [1.54, 1.807) is 0 Å². The van der Waals surface area contributed by atoms with Crippen molar-refractivity contribution < 1.29 is 0 Å². The lowest BCUT2D eigenvalue weighted by atomic mass is 10.1. The summed E-state index contributed by atoms with van der Waals surface area (Å²) < 4.78 is 0. The smallest absolute Gasteiger partial charge is 0.119 e. The molecule has 1 aliphatic carbocycles. The molecule has 0 bridgehead atoms. The number of aromatic nitrogens is 2. The van der Waals surface area contributed by atoms with Crippen molar-refractivity contribution in [3.63, 3.8) is 0 Å². The molecule has 0 atom stereocenters. The molecule has 3 rings (SSSR count). The van der Waals surface area contributed by atoms with Crippen molar-refractivity contribution in [1.82, 2.24) is 10.2 Å². The van der Waals surface area contributed by atoms with Gasteiger partial charge in [0.1, 0.15) is 5.03 Å². The van der Waals surface area contributed by atoms with Gasteiger partial charge in [0, 0.05) is 10.8 Å². The summed E-state index contributed by atoms with van der Waals surface area (Å²) in [6.07, 6.45) is 5.39. The van der Waals surface area contributed by atoms with Gasteiger partial charge in [0.05, 0.1) is 5.69 Å². The highest BCUT2D eigenvalue weighted by Gasteiger charge is 2.16. The van der Waals surface area contributed by atoms with Crippen LogP contribution in [0.1, 0.15) is 31.2 Å². The van der Waals surface area contributed by atoms with Gasteiger partial charge in [-0.15, -0.1) is 22.0 Å². The van der Waals surface area contributed by atoms with Crippen molar-refractivity contribution >= 4 is 11.8 Å². The van der Waals surface area contributed by atoms with Gasteiger partial charge in [-0.3, -0.25) is 0 Å². The van der Waals surface area contributed by atoms with E-state index in [0.717, 1.165) is 21.5 Å². The monoisotopic (exact) mass is 270 g/mol. The number of hydrogen-bond acceptors (Lipinski definition) is 3. The molecular formula is C16H18N2S. The predicted octanol–water partition coefficient (Wildman–Crippen LogP) is 4.49. The molecule has 0 spiro atoms. The predicted molar refractivity (Wildman–Crippen MR) is 80.3 cm³/mol. The largest absolute Gasteiger partial charge is 0.149 e. The van der Waals surface area contributed by atoms with E-state index in [0.29, 0.717) is 0 Å². The summed E-state index contributed by atoms with van der Waals surface area (Å²) in [6.45, 7) is 2.09. The number of thioether (sulfide) groups is 1. The molecule has 1 aromatic heterocycles. The Morgan fingerprint density at radius 3 is 2.32 bits per heavy atom. The fourth-order valence-corrected chi connectivity index (χ4v) is 3.58. The molecular weight excluding hydrogens is 252 g/mol. The van der Waals surface area contributed by atoms with Gasteiger partial charge < -0.3 is 0 Å². The third kappa shape index (κ3) is 3.16. The maximum absolute atomic E-state index is 4.35. The highest BCUT2D eigenvalue weighted by Crippen LogP contribution is 2.33. The third-order valence-corrected chi connectivity index (χ3v) is 4.84. The molecule has 0 aliphatic heterocycles. The fourth-order valence-electron chi connectivity index (χ4n) is 2.44. The summed E-state index contributed by atoms with van der Waals surface area (Å²) in [4.78, 5) is 0. The molecule has 19 heavy (non-hydrogen) atoms. The van der Waals surface area contributed by atoms with Crippen LogP contribution in [0.4, 0.5) is 0 Å². The lowest BCUT2D eigenvalue weighted by Crippen LogP contribution is -1.96. The normalized spacial score (nSPS) is 15.8. The Morgan fingerprint density at radius 1 is 0.947 bits per heavy atom. The second-order valence-electron chi connectivity index (χ2n) is 5.15. The van der Waals surface area contributed by atoms with Gasteiger partial charge in [-0.25, -0.2) is 0 Å². The van der Waals surface area contributed by atoms with Crippen LogP contribution in [0.3, 0.4) is 0 Å². The molecule has 1 aromatic carbocycles. The number of benzene rings is 1. The summed E-state index contributed by atoms with van der Waals surface area (Å²) in [5.41, 5.74) is 3.36. The Kier molecular flexibility index (Phi) is 3.83. The molecule has 0 saturated heterocycles. The third-order valence-electron chi connectivity index (χ3n) is 3.58. The number of nitrogens with zero attached hydrogens (tertiary/aromatic N) is 2.